The molecule has 5 heteroatoms. The Morgan fingerprint density at radius 1 is 0.696 bits per heavy atom. The number of hydrogen-bond acceptors (Lipinski definition) is 2. The van der Waals surface area contributed by atoms with Crippen molar-refractivity contribution in [3.05, 3.63) is 72.3 Å². The second-order valence-corrected chi connectivity index (χ2v) is 6.07. The van der Waals surface area contributed by atoms with Crippen LogP contribution in [0.25, 0.3) is 21.9 Å². The van der Waals surface area contributed by atoms with Crippen LogP contribution in [0.4, 0.5) is 20.2 Å². The average Bonchev–Trinajstić information content (AvgIpc) is 2.95. The molecule has 4 rings (SSSR count). The number of para-hydroxylation sites is 3. The van der Waals surface area contributed by atoms with Gasteiger partial charge in [-0.1, -0.05) is 36.4 Å². The molecule has 0 aliphatic heterocycles. The normalized spacial score (nSPS) is 11.3. The number of furan rings is 1. The minimum Gasteiger partial charge on any atom is -0.451 e. The van der Waals surface area contributed by atoms with Gasteiger partial charge in [0, 0.05) is 10.8 Å². The lowest BCUT2D eigenvalue weighted by Gasteiger charge is -2.17. The number of anilines is 2. The third-order valence-corrected chi connectivity index (χ3v) is 4.77. The van der Waals surface area contributed by atoms with Crippen LogP contribution >= 0.6 is 22.9 Å². The summed E-state index contributed by atoms with van der Waals surface area (Å²) in [5.41, 5.74) is 1.84. The van der Waals surface area contributed by atoms with E-state index >= 15 is 0 Å². The molecule has 0 amide bonds. The van der Waals surface area contributed by atoms with Gasteiger partial charge < -0.3 is 4.42 Å². The maximum absolute atomic E-state index is 14.1. The predicted octanol–water partition coefficient (Wildman–Crippen LogP) is 6.35. The molecule has 0 saturated heterocycles. The minimum absolute atomic E-state index is 0.216. The molecule has 114 valence electrons. The molecule has 0 bridgehead atoms. The van der Waals surface area contributed by atoms with E-state index in [1.807, 2.05) is 47.1 Å². The van der Waals surface area contributed by atoms with Crippen LogP contribution in [0.1, 0.15) is 0 Å². The topological polar surface area (TPSA) is 16.4 Å². The standard InChI is InChI=1S/C18H10F2INO/c19-13-7-1-2-9-15(13)22(21)16-10-4-6-12-11-5-3-8-14(20)17(11)23-18(12)16/h1-10H. The molecule has 4 aromatic rings. The number of nitrogens with zero attached hydrogens (tertiary/aromatic N) is 1. The molecule has 0 unspecified atom stereocenters. The Balaban J connectivity index is 1.99. The zero-order chi connectivity index (χ0) is 16.0. The Kier molecular flexibility index (Phi) is 3.45. The van der Waals surface area contributed by atoms with Gasteiger partial charge in [0.1, 0.15) is 5.82 Å². The lowest BCUT2D eigenvalue weighted by atomic mass is 10.1. The third-order valence-electron chi connectivity index (χ3n) is 3.73. The summed E-state index contributed by atoms with van der Waals surface area (Å²) >= 11 is 2.02. The Labute approximate surface area is 144 Å². The third kappa shape index (κ3) is 2.26. The molecule has 0 radical (unpaired) electrons. The number of halogens is 3. The summed E-state index contributed by atoms with van der Waals surface area (Å²) in [6, 6.07) is 16.9. The second-order valence-electron chi connectivity index (χ2n) is 5.10. The summed E-state index contributed by atoms with van der Waals surface area (Å²) in [7, 11) is 0. The van der Waals surface area contributed by atoms with E-state index < -0.39 is 5.82 Å². The van der Waals surface area contributed by atoms with Crippen molar-refractivity contribution in [3.8, 4) is 0 Å². The summed E-state index contributed by atoms with van der Waals surface area (Å²) in [5.74, 6) is -0.739. The highest BCUT2D eigenvalue weighted by Crippen LogP contribution is 2.40. The lowest BCUT2D eigenvalue weighted by Crippen LogP contribution is -2.03. The second kappa shape index (κ2) is 5.49. The monoisotopic (exact) mass is 421 g/mol. The molecule has 2 nitrogen and oxygen atoms in total. The van der Waals surface area contributed by atoms with E-state index in [-0.39, 0.29) is 11.4 Å². The fraction of sp³-hybridized carbons (Fsp3) is 0. The molecule has 0 saturated carbocycles. The van der Waals surface area contributed by atoms with Crippen molar-refractivity contribution >= 4 is 56.2 Å². The van der Waals surface area contributed by atoms with Crippen LogP contribution in [0.5, 0.6) is 0 Å². The molecule has 3 aromatic carbocycles. The van der Waals surface area contributed by atoms with Gasteiger partial charge in [-0.15, -0.1) is 0 Å². The zero-order valence-electron chi connectivity index (χ0n) is 11.8. The van der Waals surface area contributed by atoms with E-state index in [2.05, 4.69) is 0 Å². The summed E-state index contributed by atoms with van der Waals surface area (Å²) in [6.07, 6.45) is 0. The first-order valence-electron chi connectivity index (χ1n) is 6.97. The average molecular weight is 421 g/mol. The zero-order valence-corrected chi connectivity index (χ0v) is 13.9. The Bertz CT molecular complexity index is 1030. The number of rotatable bonds is 2. The molecule has 0 fully saturated rings. The molecular formula is C18H10F2INO. The molecule has 1 heterocycles. The van der Waals surface area contributed by atoms with Crippen molar-refractivity contribution in [1.29, 1.82) is 0 Å². The minimum atomic E-state index is -0.407. The van der Waals surface area contributed by atoms with Gasteiger partial charge in [-0.25, -0.2) is 8.78 Å². The van der Waals surface area contributed by atoms with E-state index in [1.54, 1.807) is 27.4 Å². The lowest BCUT2D eigenvalue weighted by molar-refractivity contribution is 0.584. The van der Waals surface area contributed by atoms with Crippen molar-refractivity contribution in [3.63, 3.8) is 0 Å². The van der Waals surface area contributed by atoms with Gasteiger partial charge in [-0.3, -0.25) is 3.11 Å². The molecule has 0 atom stereocenters. The van der Waals surface area contributed by atoms with E-state index in [1.165, 1.54) is 12.1 Å². The Hall–Kier alpha value is -2.15. The molecular weight excluding hydrogens is 411 g/mol. The van der Waals surface area contributed by atoms with Crippen LogP contribution in [-0.4, -0.2) is 0 Å². The van der Waals surface area contributed by atoms with Crippen molar-refractivity contribution in [2.75, 3.05) is 3.11 Å². The Morgan fingerprint density at radius 2 is 1.30 bits per heavy atom. The Morgan fingerprint density at radius 3 is 2.09 bits per heavy atom. The quantitative estimate of drug-likeness (QED) is 0.277. The summed E-state index contributed by atoms with van der Waals surface area (Å²) in [6.45, 7) is 0. The highest BCUT2D eigenvalue weighted by Gasteiger charge is 2.18. The first-order chi connectivity index (χ1) is 11.2. The number of hydrogen-bond donors (Lipinski definition) is 0. The van der Waals surface area contributed by atoms with Crippen molar-refractivity contribution in [2.24, 2.45) is 0 Å². The first kappa shape index (κ1) is 14.4. The van der Waals surface area contributed by atoms with Gasteiger partial charge in [0.05, 0.1) is 34.2 Å². The van der Waals surface area contributed by atoms with Crippen LogP contribution < -0.4 is 3.11 Å². The van der Waals surface area contributed by atoms with Gasteiger partial charge >= 0.3 is 0 Å². The highest BCUT2D eigenvalue weighted by molar-refractivity contribution is 14.1. The van der Waals surface area contributed by atoms with Crippen LogP contribution in [0, 0.1) is 11.6 Å². The fourth-order valence-corrected chi connectivity index (χ4v) is 3.44. The summed E-state index contributed by atoms with van der Waals surface area (Å²) in [5, 5.41) is 1.51. The van der Waals surface area contributed by atoms with E-state index in [4.69, 9.17) is 4.42 Å². The van der Waals surface area contributed by atoms with Crippen molar-refractivity contribution in [1.82, 2.24) is 0 Å². The number of benzene rings is 3. The van der Waals surface area contributed by atoms with E-state index in [0.29, 0.717) is 22.3 Å². The SMILES string of the molecule is Fc1ccccc1N(I)c1cccc2c1oc1c(F)cccc12. The molecule has 0 spiro atoms. The van der Waals surface area contributed by atoms with Crippen LogP contribution in [0.2, 0.25) is 0 Å². The predicted molar refractivity (Wildman–Crippen MR) is 96.2 cm³/mol. The highest BCUT2D eigenvalue weighted by atomic mass is 127. The maximum atomic E-state index is 14.1. The molecule has 0 aliphatic rings. The van der Waals surface area contributed by atoms with Crippen LogP contribution in [-0.2, 0) is 0 Å². The smallest absolute Gasteiger partial charge is 0.171 e. The summed E-state index contributed by atoms with van der Waals surface area (Å²) < 4.78 is 35.5. The van der Waals surface area contributed by atoms with Gasteiger partial charge in [-0.2, -0.15) is 0 Å². The molecule has 23 heavy (non-hydrogen) atoms. The van der Waals surface area contributed by atoms with Gasteiger partial charge in [0.2, 0.25) is 0 Å². The van der Waals surface area contributed by atoms with Crippen molar-refractivity contribution in [2.45, 2.75) is 0 Å². The first-order valence-corrected chi connectivity index (χ1v) is 7.93. The molecule has 0 aliphatic carbocycles. The van der Waals surface area contributed by atoms with Gasteiger partial charge in [0.25, 0.3) is 0 Å². The van der Waals surface area contributed by atoms with E-state index in [0.717, 1.165) is 5.39 Å². The maximum Gasteiger partial charge on any atom is 0.171 e. The van der Waals surface area contributed by atoms with Crippen molar-refractivity contribution < 1.29 is 13.2 Å². The van der Waals surface area contributed by atoms with E-state index in [9.17, 15) is 8.78 Å². The number of fused-ring (bicyclic) bond motifs is 3. The molecule has 0 N–H and O–H groups in total. The van der Waals surface area contributed by atoms with Gasteiger partial charge in [-0.05, 0) is 24.3 Å². The fourth-order valence-electron chi connectivity index (χ4n) is 2.67. The molecule has 1 aromatic heterocycles. The van der Waals surface area contributed by atoms with Crippen LogP contribution in [0.3, 0.4) is 0 Å². The van der Waals surface area contributed by atoms with Crippen LogP contribution in [0.15, 0.2) is 65.1 Å². The van der Waals surface area contributed by atoms with Gasteiger partial charge in [0.15, 0.2) is 17.0 Å². The largest absolute Gasteiger partial charge is 0.451 e. The summed E-state index contributed by atoms with van der Waals surface area (Å²) in [4.78, 5) is 0.